The third-order valence-electron chi connectivity index (χ3n) is 3.92. The lowest BCUT2D eigenvalue weighted by Gasteiger charge is -2.17. The van der Waals surface area contributed by atoms with Crippen LogP contribution in [0.5, 0.6) is 0 Å². The number of thiophene rings is 1. The van der Waals surface area contributed by atoms with Crippen molar-refractivity contribution in [3.8, 4) is 0 Å². The Morgan fingerprint density at radius 3 is 3.10 bits per heavy atom. The van der Waals surface area contributed by atoms with Gasteiger partial charge >= 0.3 is 0 Å². The highest BCUT2D eigenvalue weighted by Gasteiger charge is 2.31. The van der Waals surface area contributed by atoms with Gasteiger partial charge in [0.05, 0.1) is 16.5 Å². The SMILES string of the molecule is CC(O)C1CCN(C(=O)c2sc3cnccc3c2N)C1. The number of aromatic nitrogens is 1. The number of aliphatic hydroxyl groups is 1. The molecule has 2 aromatic rings. The second kappa shape index (κ2) is 5.03. The Bertz CT molecular complexity index is 653. The third-order valence-corrected chi connectivity index (χ3v) is 5.06. The van der Waals surface area contributed by atoms with E-state index in [9.17, 15) is 9.90 Å². The number of nitrogens with two attached hydrogens (primary N) is 1. The number of fused-ring (bicyclic) bond motifs is 1. The number of likely N-dealkylation sites (tertiary alicyclic amines) is 1. The highest BCUT2D eigenvalue weighted by Crippen LogP contribution is 2.34. The molecule has 0 aliphatic carbocycles. The van der Waals surface area contributed by atoms with Crippen LogP contribution in [0.4, 0.5) is 5.69 Å². The summed E-state index contributed by atoms with van der Waals surface area (Å²) in [6.45, 7) is 3.06. The first-order valence-corrected chi connectivity index (χ1v) is 7.49. The summed E-state index contributed by atoms with van der Waals surface area (Å²) in [6.07, 6.45) is 3.88. The van der Waals surface area contributed by atoms with Gasteiger partial charge in [0.1, 0.15) is 4.88 Å². The Morgan fingerprint density at radius 2 is 2.45 bits per heavy atom. The van der Waals surface area contributed by atoms with Crippen LogP contribution in [-0.4, -0.2) is 40.1 Å². The van der Waals surface area contributed by atoms with E-state index in [4.69, 9.17) is 5.73 Å². The van der Waals surface area contributed by atoms with Crippen LogP contribution in [0, 0.1) is 5.92 Å². The number of nitrogens with zero attached hydrogens (tertiary/aromatic N) is 2. The average Bonchev–Trinajstić information content (AvgIpc) is 3.04. The number of hydrogen-bond acceptors (Lipinski definition) is 5. The molecule has 1 aliphatic rings. The first-order chi connectivity index (χ1) is 9.58. The maximum atomic E-state index is 12.6. The molecule has 0 spiro atoms. The lowest BCUT2D eigenvalue weighted by molar-refractivity contribution is 0.0768. The van der Waals surface area contributed by atoms with Gasteiger partial charge in [0, 0.05) is 36.8 Å². The van der Waals surface area contributed by atoms with Gasteiger partial charge in [0.25, 0.3) is 5.91 Å². The predicted octanol–water partition coefficient (Wildman–Crippen LogP) is 1.72. The number of anilines is 1. The van der Waals surface area contributed by atoms with Crippen molar-refractivity contribution < 1.29 is 9.90 Å². The second-order valence-electron chi connectivity index (χ2n) is 5.26. The molecule has 6 heteroatoms. The van der Waals surface area contributed by atoms with Gasteiger partial charge in [0.2, 0.25) is 0 Å². The summed E-state index contributed by atoms with van der Waals surface area (Å²) in [6, 6.07) is 1.83. The van der Waals surface area contributed by atoms with Crippen molar-refractivity contribution in [3.05, 3.63) is 23.3 Å². The molecule has 0 aromatic carbocycles. The van der Waals surface area contributed by atoms with Crippen molar-refractivity contribution in [2.75, 3.05) is 18.8 Å². The van der Waals surface area contributed by atoms with Crippen LogP contribution in [0.3, 0.4) is 0 Å². The monoisotopic (exact) mass is 291 g/mol. The Hall–Kier alpha value is -1.66. The standard InChI is InChI=1S/C14H17N3O2S/c1-8(18)9-3-5-17(7-9)14(19)13-12(15)10-2-4-16-6-11(10)20-13/h2,4,6,8-9,18H,3,5,7,15H2,1H3. The van der Waals surface area contributed by atoms with E-state index in [1.165, 1.54) is 11.3 Å². The van der Waals surface area contributed by atoms with Gasteiger partial charge < -0.3 is 15.7 Å². The van der Waals surface area contributed by atoms with Crippen molar-refractivity contribution in [3.63, 3.8) is 0 Å². The van der Waals surface area contributed by atoms with Gasteiger partial charge in [-0.1, -0.05) is 0 Å². The fourth-order valence-corrected chi connectivity index (χ4v) is 3.70. The quantitative estimate of drug-likeness (QED) is 0.883. The number of rotatable bonds is 2. The van der Waals surface area contributed by atoms with E-state index in [1.54, 1.807) is 24.2 Å². The molecule has 3 rings (SSSR count). The predicted molar refractivity (Wildman–Crippen MR) is 79.7 cm³/mol. The van der Waals surface area contributed by atoms with E-state index in [1.807, 2.05) is 6.07 Å². The number of carbonyl (C=O) groups excluding carboxylic acids is 1. The van der Waals surface area contributed by atoms with Crippen LogP contribution in [0.2, 0.25) is 0 Å². The molecule has 0 bridgehead atoms. The molecule has 3 heterocycles. The number of pyridine rings is 1. The van der Waals surface area contributed by atoms with E-state index in [2.05, 4.69) is 4.98 Å². The van der Waals surface area contributed by atoms with Gasteiger partial charge in [-0.25, -0.2) is 0 Å². The van der Waals surface area contributed by atoms with Crippen molar-refractivity contribution in [2.24, 2.45) is 5.92 Å². The lowest BCUT2D eigenvalue weighted by atomic mass is 10.0. The fourth-order valence-electron chi connectivity index (χ4n) is 2.64. The summed E-state index contributed by atoms with van der Waals surface area (Å²) in [7, 11) is 0. The van der Waals surface area contributed by atoms with E-state index in [-0.39, 0.29) is 17.9 Å². The zero-order chi connectivity index (χ0) is 14.3. The molecule has 2 atom stereocenters. The average molecular weight is 291 g/mol. The minimum Gasteiger partial charge on any atom is -0.397 e. The Morgan fingerprint density at radius 1 is 1.65 bits per heavy atom. The summed E-state index contributed by atoms with van der Waals surface area (Å²) in [5, 5.41) is 10.5. The number of nitrogen functional groups attached to an aromatic ring is 1. The number of amides is 1. The second-order valence-corrected chi connectivity index (χ2v) is 6.31. The molecular formula is C14H17N3O2S. The van der Waals surface area contributed by atoms with Crippen LogP contribution in [0.25, 0.3) is 10.1 Å². The molecule has 1 amide bonds. The molecule has 20 heavy (non-hydrogen) atoms. The maximum Gasteiger partial charge on any atom is 0.266 e. The van der Waals surface area contributed by atoms with E-state index in [0.717, 1.165) is 16.5 Å². The summed E-state index contributed by atoms with van der Waals surface area (Å²) in [5.74, 6) is 0.128. The first-order valence-electron chi connectivity index (χ1n) is 6.67. The van der Waals surface area contributed by atoms with Gasteiger partial charge in [-0.05, 0) is 19.4 Å². The fraction of sp³-hybridized carbons (Fsp3) is 0.429. The molecule has 1 aliphatic heterocycles. The van der Waals surface area contributed by atoms with Crippen LogP contribution < -0.4 is 5.73 Å². The lowest BCUT2D eigenvalue weighted by Crippen LogP contribution is -2.30. The molecular weight excluding hydrogens is 274 g/mol. The first kappa shape index (κ1) is 13.3. The Balaban J connectivity index is 1.88. The molecule has 0 radical (unpaired) electrons. The van der Waals surface area contributed by atoms with Crippen LogP contribution in [0.15, 0.2) is 18.5 Å². The smallest absolute Gasteiger partial charge is 0.266 e. The minimum absolute atomic E-state index is 0.0353. The van der Waals surface area contributed by atoms with E-state index in [0.29, 0.717) is 23.7 Å². The van der Waals surface area contributed by atoms with Crippen molar-refractivity contribution >= 4 is 33.0 Å². The van der Waals surface area contributed by atoms with Crippen molar-refractivity contribution in [1.82, 2.24) is 9.88 Å². The van der Waals surface area contributed by atoms with Crippen LogP contribution in [0.1, 0.15) is 23.0 Å². The summed E-state index contributed by atoms with van der Waals surface area (Å²) in [5.41, 5.74) is 6.63. The van der Waals surface area contributed by atoms with Gasteiger partial charge in [-0.2, -0.15) is 0 Å². The van der Waals surface area contributed by atoms with Gasteiger partial charge in [-0.3, -0.25) is 9.78 Å². The zero-order valence-electron chi connectivity index (χ0n) is 11.2. The van der Waals surface area contributed by atoms with Gasteiger partial charge in [0.15, 0.2) is 0 Å². The molecule has 2 unspecified atom stereocenters. The van der Waals surface area contributed by atoms with Crippen molar-refractivity contribution in [2.45, 2.75) is 19.4 Å². The molecule has 106 valence electrons. The van der Waals surface area contributed by atoms with Crippen LogP contribution in [-0.2, 0) is 0 Å². The minimum atomic E-state index is -0.378. The topological polar surface area (TPSA) is 79.5 Å². The largest absolute Gasteiger partial charge is 0.397 e. The molecule has 2 aromatic heterocycles. The Kier molecular flexibility index (Phi) is 3.35. The maximum absolute atomic E-state index is 12.6. The molecule has 3 N–H and O–H groups in total. The highest BCUT2D eigenvalue weighted by atomic mass is 32.1. The third kappa shape index (κ3) is 2.14. The summed E-state index contributed by atoms with van der Waals surface area (Å²) >= 11 is 1.39. The number of carbonyl (C=O) groups is 1. The number of hydrogen-bond donors (Lipinski definition) is 2. The molecule has 5 nitrogen and oxygen atoms in total. The van der Waals surface area contributed by atoms with Gasteiger partial charge in [-0.15, -0.1) is 11.3 Å². The summed E-state index contributed by atoms with van der Waals surface area (Å²) < 4.78 is 0.930. The van der Waals surface area contributed by atoms with E-state index < -0.39 is 0 Å². The van der Waals surface area contributed by atoms with Crippen molar-refractivity contribution in [1.29, 1.82) is 0 Å². The zero-order valence-corrected chi connectivity index (χ0v) is 12.1. The molecule has 1 fully saturated rings. The van der Waals surface area contributed by atoms with E-state index >= 15 is 0 Å². The Labute approximate surface area is 121 Å². The number of aliphatic hydroxyl groups excluding tert-OH is 1. The molecule has 1 saturated heterocycles. The highest BCUT2D eigenvalue weighted by molar-refractivity contribution is 7.21. The van der Waals surface area contributed by atoms with Crippen LogP contribution >= 0.6 is 11.3 Å². The summed E-state index contributed by atoms with van der Waals surface area (Å²) in [4.78, 5) is 19.0. The normalized spacial score (nSPS) is 20.5. The molecule has 0 saturated carbocycles.